The molecule has 2 N–H and O–H groups in total. The van der Waals surface area contributed by atoms with Gasteiger partial charge in [-0.05, 0) is 18.4 Å². The van der Waals surface area contributed by atoms with Crippen molar-refractivity contribution in [2.24, 2.45) is 0 Å². The lowest BCUT2D eigenvalue weighted by Gasteiger charge is -2.22. The summed E-state index contributed by atoms with van der Waals surface area (Å²) in [5, 5.41) is 5.48. The zero-order chi connectivity index (χ0) is 17.4. The van der Waals surface area contributed by atoms with Gasteiger partial charge in [0.05, 0.1) is 6.04 Å². The second kappa shape index (κ2) is 8.86. The smallest absolute Gasteiger partial charge is 0.329 e. The van der Waals surface area contributed by atoms with Crippen LogP contribution in [-0.4, -0.2) is 30.4 Å². The molecule has 0 radical (unpaired) electrons. The summed E-state index contributed by atoms with van der Waals surface area (Å²) >= 11 is 0. The largest absolute Gasteiger partial charge is 0.462 e. The van der Waals surface area contributed by atoms with E-state index in [0.717, 1.165) is 5.56 Å². The third kappa shape index (κ3) is 5.53. The summed E-state index contributed by atoms with van der Waals surface area (Å²) in [6.07, 6.45) is 4.90. The van der Waals surface area contributed by atoms with Crippen LogP contribution in [0.2, 0.25) is 0 Å². The van der Waals surface area contributed by atoms with Crippen LogP contribution in [0.5, 0.6) is 0 Å². The van der Waals surface area contributed by atoms with E-state index in [1.807, 2.05) is 36.4 Å². The number of carbonyl (C=O) groups excluding carboxylic acids is 3. The van der Waals surface area contributed by atoms with Crippen molar-refractivity contribution in [3.05, 3.63) is 48.0 Å². The molecule has 24 heavy (non-hydrogen) atoms. The number of rotatable bonds is 2. The molecule has 0 spiro atoms. The molecular weight excluding hydrogens is 308 g/mol. The third-order valence-electron chi connectivity index (χ3n) is 3.67. The Hall–Kier alpha value is -2.63. The number of benzene rings is 1. The highest BCUT2D eigenvalue weighted by molar-refractivity contribution is 5.83. The maximum absolute atomic E-state index is 12.2. The normalized spacial score (nSPS) is 22.5. The summed E-state index contributed by atoms with van der Waals surface area (Å²) < 4.78 is 5.34. The van der Waals surface area contributed by atoms with Gasteiger partial charge in [-0.3, -0.25) is 9.59 Å². The average Bonchev–Trinajstić information content (AvgIpc) is 2.56. The fourth-order valence-corrected chi connectivity index (χ4v) is 2.46. The fourth-order valence-electron chi connectivity index (χ4n) is 2.46. The molecule has 128 valence electrons. The Kier molecular flexibility index (Phi) is 6.54. The average molecular weight is 330 g/mol. The lowest BCUT2D eigenvalue weighted by atomic mass is 10.1. The molecule has 2 atom stereocenters. The highest BCUT2D eigenvalue weighted by atomic mass is 16.5. The van der Waals surface area contributed by atoms with E-state index in [1.165, 1.54) is 6.92 Å². The standard InChI is InChI=1S/C18H22N2O4/c1-13(21)19-15-10-6-3-7-11-17(22)20-16(12-24-18(15)23)14-8-4-2-5-9-14/h2-6,8-9,15-16H,7,10-12H2,1H3,(H,19,21)(H,20,22)/t15-,16+/m1/s1. The second-order valence-corrected chi connectivity index (χ2v) is 5.66. The molecule has 1 aliphatic rings. The molecule has 1 aromatic rings. The topological polar surface area (TPSA) is 84.5 Å². The molecule has 0 bridgehead atoms. The summed E-state index contributed by atoms with van der Waals surface area (Å²) in [4.78, 5) is 35.5. The van der Waals surface area contributed by atoms with Gasteiger partial charge in [0.1, 0.15) is 12.6 Å². The fraction of sp³-hybridized carbons (Fsp3) is 0.389. The van der Waals surface area contributed by atoms with Crippen molar-refractivity contribution in [1.29, 1.82) is 0 Å². The predicted octanol–water partition coefficient (Wildman–Crippen LogP) is 1.63. The van der Waals surface area contributed by atoms with Crippen molar-refractivity contribution < 1.29 is 19.1 Å². The van der Waals surface area contributed by atoms with E-state index < -0.39 is 18.1 Å². The highest BCUT2D eigenvalue weighted by Crippen LogP contribution is 2.15. The minimum absolute atomic E-state index is 0.0222. The van der Waals surface area contributed by atoms with Crippen LogP contribution in [0.15, 0.2) is 42.5 Å². The third-order valence-corrected chi connectivity index (χ3v) is 3.67. The Morgan fingerprint density at radius 1 is 1.21 bits per heavy atom. The molecule has 6 heteroatoms. The number of cyclic esters (lactones) is 1. The Morgan fingerprint density at radius 3 is 2.67 bits per heavy atom. The monoisotopic (exact) mass is 330 g/mol. The molecule has 0 aromatic heterocycles. The molecule has 0 saturated heterocycles. The summed E-state index contributed by atoms with van der Waals surface area (Å²) in [7, 11) is 0. The maximum Gasteiger partial charge on any atom is 0.329 e. The van der Waals surface area contributed by atoms with Gasteiger partial charge in [-0.15, -0.1) is 0 Å². The number of esters is 1. The zero-order valence-corrected chi connectivity index (χ0v) is 13.7. The van der Waals surface area contributed by atoms with Crippen LogP contribution in [0.3, 0.4) is 0 Å². The molecule has 2 rings (SSSR count). The summed E-state index contributed by atoms with van der Waals surface area (Å²) in [5.41, 5.74) is 0.863. The minimum atomic E-state index is -0.717. The minimum Gasteiger partial charge on any atom is -0.462 e. The number of ether oxygens (including phenoxy) is 1. The van der Waals surface area contributed by atoms with Crippen LogP contribution in [0.1, 0.15) is 37.8 Å². The quantitative estimate of drug-likeness (QED) is 0.638. The van der Waals surface area contributed by atoms with E-state index in [-0.39, 0.29) is 18.4 Å². The first kappa shape index (κ1) is 17.7. The van der Waals surface area contributed by atoms with Crippen LogP contribution in [0, 0.1) is 0 Å². The molecule has 2 amide bonds. The van der Waals surface area contributed by atoms with Crippen molar-refractivity contribution >= 4 is 17.8 Å². The molecule has 0 saturated carbocycles. The van der Waals surface area contributed by atoms with E-state index in [9.17, 15) is 14.4 Å². The molecular formula is C18H22N2O4. The molecule has 1 heterocycles. The van der Waals surface area contributed by atoms with Crippen LogP contribution < -0.4 is 10.6 Å². The molecule has 6 nitrogen and oxygen atoms in total. The maximum atomic E-state index is 12.2. The molecule has 0 unspecified atom stereocenters. The zero-order valence-electron chi connectivity index (χ0n) is 13.7. The highest BCUT2D eigenvalue weighted by Gasteiger charge is 2.23. The van der Waals surface area contributed by atoms with Gasteiger partial charge in [-0.1, -0.05) is 42.5 Å². The lowest BCUT2D eigenvalue weighted by Crippen LogP contribution is -2.42. The van der Waals surface area contributed by atoms with Gasteiger partial charge in [0, 0.05) is 13.3 Å². The van der Waals surface area contributed by atoms with E-state index in [1.54, 1.807) is 6.08 Å². The number of allylic oxidation sites excluding steroid dienone is 1. The van der Waals surface area contributed by atoms with Crippen LogP contribution in [-0.2, 0) is 19.1 Å². The van der Waals surface area contributed by atoms with Gasteiger partial charge < -0.3 is 15.4 Å². The first-order valence-corrected chi connectivity index (χ1v) is 7.99. The first-order chi connectivity index (χ1) is 11.6. The molecule has 0 aliphatic carbocycles. The van der Waals surface area contributed by atoms with Crippen molar-refractivity contribution in [2.75, 3.05) is 6.61 Å². The Morgan fingerprint density at radius 2 is 1.96 bits per heavy atom. The van der Waals surface area contributed by atoms with E-state index in [0.29, 0.717) is 19.3 Å². The van der Waals surface area contributed by atoms with Gasteiger partial charge in [-0.2, -0.15) is 0 Å². The van der Waals surface area contributed by atoms with Crippen molar-refractivity contribution in [3.63, 3.8) is 0 Å². The van der Waals surface area contributed by atoms with Crippen molar-refractivity contribution in [2.45, 2.75) is 38.3 Å². The number of nitrogens with one attached hydrogen (secondary N) is 2. The summed E-state index contributed by atoms with van der Waals surface area (Å²) in [5.74, 6) is -0.889. The molecule has 1 aliphatic heterocycles. The molecule has 1 aromatic carbocycles. The van der Waals surface area contributed by atoms with Crippen LogP contribution in [0.4, 0.5) is 0 Å². The van der Waals surface area contributed by atoms with Crippen molar-refractivity contribution in [1.82, 2.24) is 10.6 Å². The van der Waals surface area contributed by atoms with Crippen molar-refractivity contribution in [3.8, 4) is 0 Å². The van der Waals surface area contributed by atoms with E-state index in [4.69, 9.17) is 4.74 Å². The number of carbonyl (C=O) groups is 3. The predicted molar refractivity (Wildman–Crippen MR) is 88.9 cm³/mol. The number of hydrogen-bond donors (Lipinski definition) is 2. The van der Waals surface area contributed by atoms with Gasteiger partial charge >= 0.3 is 5.97 Å². The summed E-state index contributed by atoms with van der Waals surface area (Å²) in [6, 6.07) is 8.22. The van der Waals surface area contributed by atoms with Crippen LogP contribution in [0.25, 0.3) is 0 Å². The number of hydrogen-bond acceptors (Lipinski definition) is 4. The summed E-state index contributed by atoms with van der Waals surface area (Å²) in [6.45, 7) is 1.38. The van der Waals surface area contributed by atoms with Gasteiger partial charge in [0.15, 0.2) is 0 Å². The lowest BCUT2D eigenvalue weighted by molar-refractivity contribution is -0.148. The van der Waals surface area contributed by atoms with E-state index >= 15 is 0 Å². The Balaban J connectivity index is 2.15. The van der Waals surface area contributed by atoms with Crippen LogP contribution >= 0.6 is 0 Å². The van der Waals surface area contributed by atoms with E-state index in [2.05, 4.69) is 10.6 Å². The SMILES string of the molecule is CC(=O)N[C@@H]1CC=CCCC(=O)N[C@H](c2ccccc2)COC1=O. The first-order valence-electron chi connectivity index (χ1n) is 7.99. The van der Waals surface area contributed by atoms with Gasteiger partial charge in [0.2, 0.25) is 11.8 Å². The Bertz CT molecular complexity index is 613. The molecule has 0 fully saturated rings. The number of amides is 2. The Labute approximate surface area is 141 Å². The van der Waals surface area contributed by atoms with Gasteiger partial charge in [-0.25, -0.2) is 4.79 Å². The van der Waals surface area contributed by atoms with Gasteiger partial charge in [0.25, 0.3) is 0 Å². The second-order valence-electron chi connectivity index (χ2n) is 5.66.